The van der Waals surface area contributed by atoms with Crippen LogP contribution in [0.15, 0.2) is 23.9 Å². The van der Waals surface area contributed by atoms with Crippen LogP contribution in [0, 0.1) is 0 Å². The van der Waals surface area contributed by atoms with Crippen LogP contribution >= 0.6 is 0 Å². The number of carbonyl (C=O) groups is 1. The maximum Gasteiger partial charge on any atom is 0.142 e. The van der Waals surface area contributed by atoms with Gasteiger partial charge in [0.2, 0.25) is 0 Å². The summed E-state index contributed by atoms with van der Waals surface area (Å²) in [6.07, 6.45) is 11.1. The van der Waals surface area contributed by atoms with Crippen LogP contribution in [0.5, 0.6) is 0 Å². The highest BCUT2D eigenvalue weighted by molar-refractivity contribution is 5.82. The summed E-state index contributed by atoms with van der Waals surface area (Å²) < 4.78 is 1.96. The number of hydrogen-bond acceptors (Lipinski definition) is 2. The average Bonchev–Trinajstić information content (AvgIpc) is 2.87. The number of ketones is 1. The Balaban J connectivity index is 1.88. The zero-order valence-electron chi connectivity index (χ0n) is 12.1. The van der Waals surface area contributed by atoms with Gasteiger partial charge in [0.1, 0.15) is 5.78 Å². The summed E-state index contributed by atoms with van der Waals surface area (Å²) >= 11 is 0. The molecule has 1 aromatic rings. The lowest BCUT2D eigenvalue weighted by Crippen LogP contribution is -2.08. The van der Waals surface area contributed by atoms with Crippen LogP contribution in [0.3, 0.4) is 0 Å². The van der Waals surface area contributed by atoms with Crippen LogP contribution < -0.4 is 0 Å². The van der Waals surface area contributed by atoms with Gasteiger partial charge in [0.05, 0.1) is 12.1 Å². The van der Waals surface area contributed by atoms with Gasteiger partial charge in [0.25, 0.3) is 0 Å². The summed E-state index contributed by atoms with van der Waals surface area (Å²) in [5.74, 6) is 0.294. The van der Waals surface area contributed by atoms with Gasteiger partial charge in [0, 0.05) is 18.7 Å². The van der Waals surface area contributed by atoms with E-state index in [2.05, 4.69) is 25.0 Å². The van der Waals surface area contributed by atoms with Gasteiger partial charge in [-0.2, -0.15) is 5.10 Å². The van der Waals surface area contributed by atoms with Gasteiger partial charge in [-0.1, -0.05) is 18.6 Å². The highest BCUT2D eigenvalue weighted by Gasteiger charge is 2.12. The van der Waals surface area contributed by atoms with Crippen LogP contribution in [0.4, 0.5) is 0 Å². The number of carbonyl (C=O) groups excluding carboxylic acids is 1. The molecule has 0 saturated heterocycles. The quantitative estimate of drug-likeness (QED) is 0.728. The third kappa shape index (κ3) is 4.05. The Labute approximate surface area is 115 Å². The van der Waals surface area contributed by atoms with E-state index < -0.39 is 0 Å². The molecule has 3 heteroatoms. The Morgan fingerprint density at radius 1 is 1.42 bits per heavy atom. The highest BCUT2D eigenvalue weighted by Crippen LogP contribution is 2.21. The molecule has 1 aliphatic carbocycles. The molecule has 0 radical (unpaired) electrons. The first-order valence-corrected chi connectivity index (χ1v) is 7.42. The van der Waals surface area contributed by atoms with Crippen molar-refractivity contribution in [2.24, 2.45) is 0 Å². The van der Waals surface area contributed by atoms with Crippen LogP contribution in [-0.4, -0.2) is 15.6 Å². The lowest BCUT2D eigenvalue weighted by molar-refractivity contribution is -0.117. The molecule has 1 heterocycles. The van der Waals surface area contributed by atoms with Crippen molar-refractivity contribution in [2.75, 3.05) is 0 Å². The van der Waals surface area contributed by atoms with Gasteiger partial charge in [0.15, 0.2) is 0 Å². The van der Waals surface area contributed by atoms with Crippen LogP contribution in [0.1, 0.15) is 64.1 Å². The van der Waals surface area contributed by atoms with E-state index in [0.29, 0.717) is 24.7 Å². The fourth-order valence-corrected chi connectivity index (χ4v) is 2.49. The molecule has 0 amide bonds. The summed E-state index contributed by atoms with van der Waals surface area (Å²) in [6.45, 7) is 4.29. The maximum atomic E-state index is 12.0. The molecule has 0 spiro atoms. The Morgan fingerprint density at radius 3 is 2.95 bits per heavy atom. The molecule has 1 aromatic heterocycles. The average molecular weight is 260 g/mol. The number of aromatic nitrogens is 2. The molecule has 104 valence electrons. The molecule has 1 aliphatic rings. The van der Waals surface area contributed by atoms with E-state index in [-0.39, 0.29) is 0 Å². The third-order valence-electron chi connectivity index (χ3n) is 3.89. The molecular weight excluding hydrogens is 236 g/mol. The van der Waals surface area contributed by atoms with Crippen molar-refractivity contribution in [1.82, 2.24) is 9.78 Å². The fraction of sp³-hybridized carbons (Fsp3) is 0.625. The lowest BCUT2D eigenvalue weighted by atomic mass is 9.95. The molecule has 0 bridgehead atoms. The molecule has 1 unspecified atom stereocenters. The molecule has 0 aromatic carbocycles. The Bertz CT molecular complexity index is 459. The first-order chi connectivity index (χ1) is 9.19. The van der Waals surface area contributed by atoms with Crippen molar-refractivity contribution >= 4 is 5.78 Å². The summed E-state index contributed by atoms with van der Waals surface area (Å²) in [4.78, 5) is 12.0. The second-order valence-corrected chi connectivity index (χ2v) is 5.54. The molecule has 3 nitrogen and oxygen atoms in total. The normalized spacial score (nSPS) is 17.1. The number of nitrogens with zero attached hydrogens (tertiary/aromatic N) is 2. The monoisotopic (exact) mass is 260 g/mol. The molecular formula is C16H24N2O. The number of hydrogen-bond donors (Lipinski definition) is 0. The van der Waals surface area contributed by atoms with Gasteiger partial charge in [-0.3, -0.25) is 9.48 Å². The first-order valence-electron chi connectivity index (χ1n) is 7.42. The van der Waals surface area contributed by atoms with Gasteiger partial charge >= 0.3 is 0 Å². The number of rotatable bonds is 6. The second kappa shape index (κ2) is 6.69. The van der Waals surface area contributed by atoms with Gasteiger partial charge < -0.3 is 0 Å². The zero-order valence-corrected chi connectivity index (χ0v) is 12.1. The molecule has 0 fully saturated rings. The van der Waals surface area contributed by atoms with Crippen molar-refractivity contribution in [3.05, 3.63) is 29.6 Å². The van der Waals surface area contributed by atoms with E-state index in [1.807, 2.05) is 16.9 Å². The summed E-state index contributed by atoms with van der Waals surface area (Å²) in [5.41, 5.74) is 2.24. The standard InChI is InChI=1S/C16H24N2O/c1-3-13(2)18-10-9-15(17-18)12-16(19)11-14-7-5-4-6-8-14/h7,9-10,13H,3-6,8,11-12H2,1-2H3. The second-order valence-electron chi connectivity index (χ2n) is 5.54. The smallest absolute Gasteiger partial charge is 0.142 e. The Kier molecular flexibility index (Phi) is 4.94. The van der Waals surface area contributed by atoms with Crippen molar-refractivity contribution in [3.8, 4) is 0 Å². The minimum Gasteiger partial charge on any atom is -0.299 e. The van der Waals surface area contributed by atoms with E-state index in [1.54, 1.807) is 0 Å². The highest BCUT2D eigenvalue weighted by atomic mass is 16.1. The molecule has 2 rings (SSSR count). The topological polar surface area (TPSA) is 34.9 Å². The summed E-state index contributed by atoms with van der Waals surface area (Å²) in [7, 11) is 0. The minimum atomic E-state index is 0.294. The molecule has 19 heavy (non-hydrogen) atoms. The lowest BCUT2D eigenvalue weighted by Gasteiger charge is -2.11. The minimum absolute atomic E-state index is 0.294. The third-order valence-corrected chi connectivity index (χ3v) is 3.89. The maximum absolute atomic E-state index is 12.0. The van der Waals surface area contributed by atoms with E-state index in [4.69, 9.17) is 0 Å². The number of Topliss-reactive ketones (excluding diaryl/α,β-unsaturated/α-hetero) is 1. The van der Waals surface area contributed by atoms with Crippen molar-refractivity contribution in [1.29, 1.82) is 0 Å². The van der Waals surface area contributed by atoms with Crippen LogP contribution in [0.25, 0.3) is 0 Å². The van der Waals surface area contributed by atoms with Crippen LogP contribution in [-0.2, 0) is 11.2 Å². The van der Waals surface area contributed by atoms with Gasteiger partial charge in [-0.15, -0.1) is 0 Å². The van der Waals surface area contributed by atoms with Crippen molar-refractivity contribution < 1.29 is 4.79 Å². The van der Waals surface area contributed by atoms with E-state index in [1.165, 1.54) is 18.4 Å². The van der Waals surface area contributed by atoms with E-state index in [9.17, 15) is 4.79 Å². The van der Waals surface area contributed by atoms with Crippen LogP contribution in [0.2, 0.25) is 0 Å². The summed E-state index contributed by atoms with van der Waals surface area (Å²) in [5, 5.41) is 4.49. The van der Waals surface area contributed by atoms with E-state index in [0.717, 1.165) is 25.0 Å². The predicted molar refractivity (Wildman–Crippen MR) is 77.1 cm³/mol. The molecule has 0 aliphatic heterocycles. The molecule has 1 atom stereocenters. The molecule has 0 saturated carbocycles. The SMILES string of the molecule is CCC(C)n1ccc(CC(=O)CC2=CCCCC2)n1. The van der Waals surface area contributed by atoms with E-state index >= 15 is 0 Å². The number of allylic oxidation sites excluding steroid dienone is 2. The molecule has 0 N–H and O–H groups in total. The van der Waals surface area contributed by atoms with Crippen molar-refractivity contribution in [2.45, 2.75) is 64.8 Å². The Morgan fingerprint density at radius 2 is 2.26 bits per heavy atom. The van der Waals surface area contributed by atoms with Crippen molar-refractivity contribution in [3.63, 3.8) is 0 Å². The Hall–Kier alpha value is -1.38. The zero-order chi connectivity index (χ0) is 13.7. The summed E-state index contributed by atoms with van der Waals surface area (Å²) in [6, 6.07) is 2.38. The fourth-order valence-electron chi connectivity index (χ4n) is 2.49. The van der Waals surface area contributed by atoms with Gasteiger partial charge in [-0.05, 0) is 45.1 Å². The first kappa shape index (κ1) is 14.0. The largest absolute Gasteiger partial charge is 0.299 e. The predicted octanol–water partition coefficient (Wildman–Crippen LogP) is 3.86. The van der Waals surface area contributed by atoms with Gasteiger partial charge in [-0.25, -0.2) is 0 Å².